The van der Waals surface area contributed by atoms with Crippen LogP contribution in [-0.2, 0) is 4.74 Å². The first-order valence-electron chi connectivity index (χ1n) is 5.63. The van der Waals surface area contributed by atoms with Crippen LogP contribution in [0.3, 0.4) is 0 Å². The summed E-state index contributed by atoms with van der Waals surface area (Å²) in [6, 6.07) is 7.57. The smallest absolute Gasteiger partial charge is 0.412 e. The van der Waals surface area contributed by atoms with Crippen LogP contribution in [0.2, 0.25) is 0 Å². The number of allylic oxidation sites excluding steroid dienone is 1. The van der Waals surface area contributed by atoms with Gasteiger partial charge in [0.25, 0.3) is 0 Å². The molecule has 1 aromatic carbocycles. The topological polar surface area (TPSA) is 38.3 Å². The Balaban J connectivity index is 2.60. The van der Waals surface area contributed by atoms with Crippen molar-refractivity contribution in [3.05, 3.63) is 35.9 Å². The monoisotopic (exact) mass is 233 g/mol. The normalized spacial score (nSPS) is 11.5. The summed E-state index contributed by atoms with van der Waals surface area (Å²) in [5.74, 6) is 0. The second kappa shape index (κ2) is 5.53. The minimum Gasteiger partial charge on any atom is -0.444 e. The molecule has 0 aliphatic carbocycles. The fraction of sp³-hybridized carbons (Fsp3) is 0.357. The SMILES string of the molecule is C/C=C/c1ccc(NC(=O)OC(C)(C)C)cc1. The average Bonchev–Trinajstić information content (AvgIpc) is 2.18. The minimum absolute atomic E-state index is 0.434. The first-order chi connectivity index (χ1) is 7.90. The van der Waals surface area contributed by atoms with E-state index in [1.807, 2.05) is 64.1 Å². The van der Waals surface area contributed by atoms with Crippen molar-refractivity contribution in [2.45, 2.75) is 33.3 Å². The third-order valence-electron chi connectivity index (χ3n) is 1.92. The van der Waals surface area contributed by atoms with Crippen molar-refractivity contribution in [1.29, 1.82) is 0 Å². The number of carbonyl (C=O) groups is 1. The molecular weight excluding hydrogens is 214 g/mol. The van der Waals surface area contributed by atoms with Gasteiger partial charge in [0.05, 0.1) is 0 Å². The molecule has 17 heavy (non-hydrogen) atoms. The maximum Gasteiger partial charge on any atom is 0.412 e. The Hall–Kier alpha value is -1.77. The Labute approximate surface area is 102 Å². The van der Waals surface area contributed by atoms with Gasteiger partial charge in [-0.1, -0.05) is 24.3 Å². The van der Waals surface area contributed by atoms with E-state index in [4.69, 9.17) is 4.74 Å². The zero-order valence-electron chi connectivity index (χ0n) is 10.8. The van der Waals surface area contributed by atoms with Crippen molar-refractivity contribution in [2.24, 2.45) is 0 Å². The van der Waals surface area contributed by atoms with Crippen molar-refractivity contribution in [1.82, 2.24) is 0 Å². The Morgan fingerprint density at radius 3 is 2.29 bits per heavy atom. The highest BCUT2D eigenvalue weighted by atomic mass is 16.6. The van der Waals surface area contributed by atoms with E-state index in [0.717, 1.165) is 11.3 Å². The predicted octanol–water partition coefficient (Wildman–Crippen LogP) is 4.07. The lowest BCUT2D eigenvalue weighted by Gasteiger charge is -2.19. The van der Waals surface area contributed by atoms with Crippen LogP contribution >= 0.6 is 0 Å². The number of amides is 1. The molecule has 0 heterocycles. The van der Waals surface area contributed by atoms with E-state index in [2.05, 4.69) is 5.32 Å². The predicted molar refractivity (Wildman–Crippen MR) is 71.0 cm³/mol. The number of carbonyl (C=O) groups excluding carboxylic acids is 1. The van der Waals surface area contributed by atoms with Gasteiger partial charge in [-0.05, 0) is 45.4 Å². The van der Waals surface area contributed by atoms with E-state index >= 15 is 0 Å². The Morgan fingerprint density at radius 2 is 1.82 bits per heavy atom. The highest BCUT2D eigenvalue weighted by Crippen LogP contribution is 2.13. The molecule has 1 N–H and O–H groups in total. The van der Waals surface area contributed by atoms with Gasteiger partial charge < -0.3 is 4.74 Å². The summed E-state index contributed by atoms with van der Waals surface area (Å²) in [5, 5.41) is 2.68. The Bertz CT molecular complexity index is 399. The lowest BCUT2D eigenvalue weighted by Crippen LogP contribution is -2.27. The van der Waals surface area contributed by atoms with Gasteiger partial charge in [-0.15, -0.1) is 0 Å². The number of benzene rings is 1. The van der Waals surface area contributed by atoms with Gasteiger partial charge in [-0.3, -0.25) is 5.32 Å². The van der Waals surface area contributed by atoms with Crippen molar-refractivity contribution < 1.29 is 9.53 Å². The molecule has 0 atom stereocenters. The summed E-state index contributed by atoms with van der Waals surface area (Å²) in [7, 11) is 0. The van der Waals surface area contributed by atoms with Crippen LogP contribution in [0.5, 0.6) is 0 Å². The molecule has 0 spiro atoms. The Morgan fingerprint density at radius 1 is 1.24 bits per heavy atom. The molecule has 1 aromatic rings. The van der Waals surface area contributed by atoms with E-state index in [9.17, 15) is 4.79 Å². The quantitative estimate of drug-likeness (QED) is 0.836. The third kappa shape index (κ3) is 5.20. The molecular formula is C14H19NO2. The Kier molecular flexibility index (Phi) is 4.32. The van der Waals surface area contributed by atoms with Gasteiger partial charge >= 0.3 is 6.09 Å². The highest BCUT2D eigenvalue weighted by molar-refractivity contribution is 5.85. The molecule has 3 heteroatoms. The molecule has 0 aliphatic heterocycles. The van der Waals surface area contributed by atoms with Crippen LogP contribution in [-0.4, -0.2) is 11.7 Å². The lowest BCUT2D eigenvalue weighted by molar-refractivity contribution is 0.0636. The van der Waals surface area contributed by atoms with Gasteiger partial charge in [0.15, 0.2) is 0 Å². The van der Waals surface area contributed by atoms with Crippen molar-refractivity contribution in [2.75, 3.05) is 5.32 Å². The van der Waals surface area contributed by atoms with E-state index in [1.165, 1.54) is 0 Å². The minimum atomic E-state index is -0.477. The van der Waals surface area contributed by atoms with Crippen LogP contribution in [0.25, 0.3) is 6.08 Å². The van der Waals surface area contributed by atoms with Gasteiger partial charge in [-0.2, -0.15) is 0 Å². The summed E-state index contributed by atoms with van der Waals surface area (Å²) in [5.41, 5.74) is 1.35. The maximum atomic E-state index is 11.5. The zero-order chi connectivity index (χ0) is 12.9. The molecule has 92 valence electrons. The molecule has 0 bridgehead atoms. The summed E-state index contributed by atoms with van der Waals surface area (Å²) < 4.78 is 5.16. The maximum absolute atomic E-state index is 11.5. The summed E-state index contributed by atoms with van der Waals surface area (Å²) in [6.45, 7) is 7.47. The summed E-state index contributed by atoms with van der Waals surface area (Å²) >= 11 is 0. The van der Waals surface area contributed by atoms with Gasteiger partial charge in [0, 0.05) is 5.69 Å². The lowest BCUT2D eigenvalue weighted by atomic mass is 10.2. The van der Waals surface area contributed by atoms with E-state index in [1.54, 1.807) is 0 Å². The molecule has 0 aromatic heterocycles. The second-order valence-electron chi connectivity index (χ2n) is 4.75. The fourth-order valence-electron chi connectivity index (χ4n) is 1.29. The van der Waals surface area contributed by atoms with Crippen LogP contribution < -0.4 is 5.32 Å². The van der Waals surface area contributed by atoms with Crippen LogP contribution in [0, 0.1) is 0 Å². The van der Waals surface area contributed by atoms with Crippen LogP contribution in [0.15, 0.2) is 30.3 Å². The standard InChI is InChI=1S/C14H19NO2/c1-5-6-11-7-9-12(10-8-11)15-13(16)17-14(2,3)4/h5-10H,1-4H3,(H,15,16)/b6-5+. The number of nitrogens with one attached hydrogen (secondary N) is 1. The average molecular weight is 233 g/mol. The van der Waals surface area contributed by atoms with Crippen LogP contribution in [0.4, 0.5) is 10.5 Å². The molecule has 0 radical (unpaired) electrons. The van der Waals surface area contributed by atoms with E-state index < -0.39 is 11.7 Å². The van der Waals surface area contributed by atoms with Crippen molar-refractivity contribution >= 4 is 17.9 Å². The fourth-order valence-corrected chi connectivity index (χ4v) is 1.29. The van der Waals surface area contributed by atoms with Crippen molar-refractivity contribution in [3.63, 3.8) is 0 Å². The van der Waals surface area contributed by atoms with Gasteiger partial charge in [0.2, 0.25) is 0 Å². The van der Waals surface area contributed by atoms with E-state index in [0.29, 0.717) is 0 Å². The van der Waals surface area contributed by atoms with Crippen molar-refractivity contribution in [3.8, 4) is 0 Å². The first kappa shape index (κ1) is 13.3. The molecule has 0 aliphatic rings. The summed E-state index contributed by atoms with van der Waals surface area (Å²) in [6.07, 6.45) is 3.53. The van der Waals surface area contributed by atoms with Gasteiger partial charge in [0.1, 0.15) is 5.60 Å². The van der Waals surface area contributed by atoms with E-state index in [-0.39, 0.29) is 0 Å². The molecule has 0 unspecified atom stereocenters. The molecule has 1 rings (SSSR count). The summed E-state index contributed by atoms with van der Waals surface area (Å²) in [4.78, 5) is 11.5. The van der Waals surface area contributed by atoms with Crippen LogP contribution in [0.1, 0.15) is 33.3 Å². The number of hydrogen-bond acceptors (Lipinski definition) is 2. The largest absolute Gasteiger partial charge is 0.444 e. The van der Waals surface area contributed by atoms with Gasteiger partial charge in [-0.25, -0.2) is 4.79 Å². The molecule has 0 saturated carbocycles. The zero-order valence-corrected chi connectivity index (χ0v) is 10.8. The number of anilines is 1. The number of ether oxygens (including phenoxy) is 1. The number of hydrogen-bond donors (Lipinski definition) is 1. The molecule has 0 fully saturated rings. The highest BCUT2D eigenvalue weighted by Gasteiger charge is 2.15. The molecule has 0 saturated heterocycles. The third-order valence-corrected chi connectivity index (χ3v) is 1.92. The second-order valence-corrected chi connectivity index (χ2v) is 4.75. The molecule has 3 nitrogen and oxygen atoms in total. The number of rotatable bonds is 2. The molecule has 1 amide bonds. The first-order valence-corrected chi connectivity index (χ1v) is 5.63.